The first-order valence-electron chi connectivity index (χ1n) is 7.65. The zero-order valence-corrected chi connectivity index (χ0v) is 14.4. The summed E-state index contributed by atoms with van der Waals surface area (Å²) in [4.78, 5) is 23.3. The quantitative estimate of drug-likeness (QED) is 0.679. The van der Waals surface area contributed by atoms with Crippen molar-refractivity contribution < 1.29 is 19.1 Å². The number of anilines is 1. The molecule has 0 unspecified atom stereocenters. The van der Waals surface area contributed by atoms with Gasteiger partial charge in [0.1, 0.15) is 0 Å². The Morgan fingerprint density at radius 2 is 2.04 bits per heavy atom. The summed E-state index contributed by atoms with van der Waals surface area (Å²) < 4.78 is 10.5. The Morgan fingerprint density at radius 1 is 1.29 bits per heavy atom. The van der Waals surface area contributed by atoms with Crippen molar-refractivity contribution in [2.75, 3.05) is 25.6 Å². The fourth-order valence-corrected chi connectivity index (χ4v) is 2.92. The lowest BCUT2D eigenvalue weighted by molar-refractivity contribution is -0.121. The zero-order chi connectivity index (χ0) is 16.8. The van der Waals surface area contributed by atoms with E-state index in [0.29, 0.717) is 23.7 Å². The van der Waals surface area contributed by atoms with Crippen LogP contribution in [0.1, 0.15) is 19.3 Å². The van der Waals surface area contributed by atoms with E-state index in [9.17, 15) is 9.59 Å². The third-order valence-electron chi connectivity index (χ3n) is 4.10. The molecule has 1 aromatic rings. The van der Waals surface area contributed by atoms with E-state index in [1.807, 2.05) is 0 Å². The average Bonchev–Trinajstić information content (AvgIpc) is 3.01. The highest BCUT2D eigenvalue weighted by Gasteiger charge is 2.31. The van der Waals surface area contributed by atoms with Gasteiger partial charge in [0.15, 0.2) is 18.1 Å². The maximum atomic E-state index is 12.4. The molecule has 0 aromatic heterocycles. The van der Waals surface area contributed by atoms with Crippen LogP contribution in [0.3, 0.4) is 0 Å². The number of amides is 2. The number of primary amides is 1. The van der Waals surface area contributed by atoms with Crippen molar-refractivity contribution in [3.05, 3.63) is 18.2 Å². The van der Waals surface area contributed by atoms with Gasteiger partial charge in [-0.2, -0.15) is 0 Å². The number of hydrogen-bond acceptors (Lipinski definition) is 5. The first-order chi connectivity index (χ1) is 11.0. The lowest BCUT2D eigenvalue weighted by Gasteiger charge is -2.18. The first-order valence-corrected chi connectivity index (χ1v) is 7.65. The van der Waals surface area contributed by atoms with Crippen molar-refractivity contribution >= 4 is 29.9 Å². The number of carbonyl (C=O) groups excluding carboxylic acids is 2. The molecule has 134 valence electrons. The van der Waals surface area contributed by atoms with Gasteiger partial charge in [-0.1, -0.05) is 6.42 Å². The molecule has 1 aliphatic carbocycles. The molecule has 1 fully saturated rings. The summed E-state index contributed by atoms with van der Waals surface area (Å²) in [6.07, 6.45) is 2.87. The Morgan fingerprint density at radius 3 is 2.67 bits per heavy atom. The van der Waals surface area contributed by atoms with Gasteiger partial charge in [-0.05, 0) is 37.4 Å². The lowest BCUT2D eigenvalue weighted by atomic mass is 9.95. The van der Waals surface area contributed by atoms with Crippen LogP contribution in [0, 0.1) is 11.8 Å². The molecule has 2 rings (SSSR count). The van der Waals surface area contributed by atoms with E-state index in [1.165, 1.54) is 7.11 Å². The predicted molar refractivity (Wildman–Crippen MR) is 93.4 cm³/mol. The van der Waals surface area contributed by atoms with E-state index in [1.54, 1.807) is 18.2 Å². The highest BCUT2D eigenvalue weighted by molar-refractivity contribution is 5.93. The second-order valence-electron chi connectivity index (χ2n) is 5.64. The number of hydrogen-bond donors (Lipinski definition) is 3. The number of rotatable bonds is 7. The van der Waals surface area contributed by atoms with E-state index in [0.717, 1.165) is 19.3 Å². The van der Waals surface area contributed by atoms with Gasteiger partial charge in [-0.15, -0.1) is 12.4 Å². The topological polar surface area (TPSA) is 117 Å². The van der Waals surface area contributed by atoms with Crippen LogP contribution in [0.2, 0.25) is 0 Å². The minimum atomic E-state index is -0.585. The normalized spacial score (nSPS) is 19.2. The second-order valence-corrected chi connectivity index (χ2v) is 5.64. The van der Waals surface area contributed by atoms with Gasteiger partial charge in [0.2, 0.25) is 5.91 Å². The molecule has 8 heteroatoms. The van der Waals surface area contributed by atoms with Crippen molar-refractivity contribution in [1.82, 2.24) is 0 Å². The van der Waals surface area contributed by atoms with Gasteiger partial charge in [-0.25, -0.2) is 0 Å². The van der Waals surface area contributed by atoms with Gasteiger partial charge < -0.3 is 26.3 Å². The van der Waals surface area contributed by atoms with E-state index in [4.69, 9.17) is 20.9 Å². The van der Waals surface area contributed by atoms with Crippen LogP contribution in [0.15, 0.2) is 18.2 Å². The highest BCUT2D eigenvalue weighted by Crippen LogP contribution is 2.33. The average molecular weight is 358 g/mol. The summed E-state index contributed by atoms with van der Waals surface area (Å²) in [6, 6.07) is 5.01. The van der Waals surface area contributed by atoms with Gasteiger partial charge in [0, 0.05) is 17.7 Å². The Kier molecular flexibility index (Phi) is 7.81. The van der Waals surface area contributed by atoms with Gasteiger partial charge in [-0.3, -0.25) is 9.59 Å². The summed E-state index contributed by atoms with van der Waals surface area (Å²) >= 11 is 0. The smallest absolute Gasteiger partial charge is 0.255 e. The molecular weight excluding hydrogens is 334 g/mol. The maximum Gasteiger partial charge on any atom is 0.255 e. The van der Waals surface area contributed by atoms with E-state index >= 15 is 0 Å². The number of methoxy groups -OCH3 is 1. The van der Waals surface area contributed by atoms with Crippen LogP contribution in [0.4, 0.5) is 5.69 Å². The Labute approximate surface area is 147 Å². The second kappa shape index (κ2) is 9.34. The van der Waals surface area contributed by atoms with Crippen molar-refractivity contribution in [1.29, 1.82) is 0 Å². The minimum absolute atomic E-state index is 0. The lowest BCUT2D eigenvalue weighted by Crippen LogP contribution is -2.29. The third-order valence-corrected chi connectivity index (χ3v) is 4.10. The molecule has 0 bridgehead atoms. The fraction of sp³-hybridized carbons (Fsp3) is 0.500. The standard InChI is InChI=1S/C16H23N3O4.ClH/c1-22-13-6-5-11(7-14(13)23-9-15(18)20)19-16(21)12-4-2-3-10(12)8-17;/h5-7,10,12H,2-4,8-9,17H2,1H3,(H2,18,20)(H,19,21);1H/t10-,12-;/m1./s1. The summed E-state index contributed by atoms with van der Waals surface area (Å²) in [5, 5.41) is 2.88. The van der Waals surface area contributed by atoms with Crippen molar-refractivity contribution in [3.63, 3.8) is 0 Å². The van der Waals surface area contributed by atoms with E-state index in [-0.39, 0.29) is 36.8 Å². The number of ether oxygens (including phenoxy) is 2. The highest BCUT2D eigenvalue weighted by atomic mass is 35.5. The third kappa shape index (κ3) is 5.01. The molecule has 1 saturated carbocycles. The van der Waals surface area contributed by atoms with Gasteiger partial charge >= 0.3 is 0 Å². The largest absolute Gasteiger partial charge is 0.493 e. The molecule has 0 spiro atoms. The Bertz CT molecular complexity index is 582. The molecule has 5 N–H and O–H groups in total. The molecule has 1 aliphatic rings. The molecular formula is C16H24ClN3O4. The Balaban J connectivity index is 0.00000288. The van der Waals surface area contributed by atoms with Crippen molar-refractivity contribution in [2.24, 2.45) is 23.3 Å². The van der Waals surface area contributed by atoms with Crippen LogP contribution >= 0.6 is 12.4 Å². The number of nitrogens with two attached hydrogens (primary N) is 2. The fourth-order valence-electron chi connectivity index (χ4n) is 2.92. The first kappa shape index (κ1) is 20.1. The van der Waals surface area contributed by atoms with Crippen LogP contribution in [-0.2, 0) is 9.59 Å². The molecule has 0 radical (unpaired) electrons. The number of benzene rings is 1. The van der Waals surface area contributed by atoms with Crippen LogP contribution in [0.25, 0.3) is 0 Å². The van der Waals surface area contributed by atoms with Gasteiger partial charge in [0.05, 0.1) is 7.11 Å². The molecule has 7 nitrogen and oxygen atoms in total. The number of nitrogens with one attached hydrogen (secondary N) is 1. The van der Waals surface area contributed by atoms with E-state index < -0.39 is 5.91 Å². The summed E-state index contributed by atoms with van der Waals surface area (Å²) in [5.41, 5.74) is 11.4. The summed E-state index contributed by atoms with van der Waals surface area (Å²) in [5.74, 6) is 0.369. The monoisotopic (exact) mass is 357 g/mol. The minimum Gasteiger partial charge on any atom is -0.493 e. The summed E-state index contributed by atoms with van der Waals surface area (Å²) in [6.45, 7) is 0.263. The number of halogens is 1. The number of carbonyl (C=O) groups is 2. The molecule has 24 heavy (non-hydrogen) atoms. The molecule has 2 amide bonds. The van der Waals surface area contributed by atoms with Crippen molar-refractivity contribution in [3.8, 4) is 11.5 Å². The van der Waals surface area contributed by atoms with E-state index in [2.05, 4.69) is 5.32 Å². The molecule has 2 atom stereocenters. The molecule has 1 aromatic carbocycles. The van der Waals surface area contributed by atoms with Crippen molar-refractivity contribution in [2.45, 2.75) is 19.3 Å². The van der Waals surface area contributed by atoms with Crippen LogP contribution in [-0.4, -0.2) is 32.1 Å². The summed E-state index contributed by atoms with van der Waals surface area (Å²) in [7, 11) is 1.50. The van der Waals surface area contributed by atoms with Crippen LogP contribution < -0.4 is 26.3 Å². The molecule has 0 saturated heterocycles. The van der Waals surface area contributed by atoms with Crippen LogP contribution in [0.5, 0.6) is 11.5 Å². The SMILES string of the molecule is COc1ccc(NC(=O)[C@@H]2CCC[C@@H]2CN)cc1OCC(N)=O.Cl. The maximum absolute atomic E-state index is 12.4. The predicted octanol–water partition coefficient (Wildman–Crippen LogP) is 1.29. The zero-order valence-electron chi connectivity index (χ0n) is 13.6. The van der Waals surface area contributed by atoms with Gasteiger partial charge in [0.25, 0.3) is 5.91 Å². The molecule has 0 heterocycles. The Hall–Kier alpha value is -1.99. The molecule has 0 aliphatic heterocycles.